The molecule has 0 amide bonds. The fourth-order valence-corrected chi connectivity index (χ4v) is 6.43. The normalized spacial score (nSPS) is 11.8. The van der Waals surface area contributed by atoms with Gasteiger partial charge in [-0.05, 0) is 43.3 Å². The van der Waals surface area contributed by atoms with Crippen LogP contribution >= 0.6 is 22.7 Å². The Labute approximate surface area is 185 Å². The van der Waals surface area contributed by atoms with Crippen LogP contribution in [0.25, 0.3) is 22.0 Å². The summed E-state index contributed by atoms with van der Waals surface area (Å²) in [7, 11) is -1.72. The standard InChI is InChI=1S/C22H23N3O2S3/c1-15-10-12-28-20(15)9-11-23-30(26,27)21-13-19(25(3)16(21)2)22-24-18(14-29-22)17-7-5-4-6-8-17/h4-8,10,12-14,23H,9,11H2,1-3H3. The molecule has 0 atom stereocenters. The molecule has 0 fully saturated rings. The lowest BCUT2D eigenvalue weighted by Gasteiger charge is -2.07. The fourth-order valence-electron chi connectivity index (χ4n) is 3.32. The van der Waals surface area contributed by atoms with Gasteiger partial charge in [-0.25, -0.2) is 18.1 Å². The summed E-state index contributed by atoms with van der Waals surface area (Å²) in [5.41, 5.74) is 4.64. The zero-order valence-electron chi connectivity index (χ0n) is 17.0. The number of rotatable bonds is 7. The molecule has 5 nitrogen and oxygen atoms in total. The van der Waals surface area contributed by atoms with Crippen molar-refractivity contribution in [3.8, 4) is 22.0 Å². The van der Waals surface area contributed by atoms with Crippen molar-refractivity contribution in [1.29, 1.82) is 0 Å². The van der Waals surface area contributed by atoms with Gasteiger partial charge in [0.25, 0.3) is 0 Å². The van der Waals surface area contributed by atoms with E-state index in [1.165, 1.54) is 21.8 Å². The fraction of sp³-hybridized carbons (Fsp3) is 0.227. The molecule has 8 heteroatoms. The molecule has 4 aromatic rings. The molecular formula is C22H23N3O2S3. The molecule has 1 N–H and O–H groups in total. The van der Waals surface area contributed by atoms with Crippen LogP contribution in [-0.2, 0) is 23.5 Å². The third-order valence-corrected chi connectivity index (χ3v) is 8.71. The van der Waals surface area contributed by atoms with Gasteiger partial charge in [0.05, 0.1) is 11.4 Å². The first-order chi connectivity index (χ1) is 14.4. The molecule has 4 rings (SSSR count). The first kappa shape index (κ1) is 21.0. The number of thiophene rings is 1. The zero-order chi connectivity index (χ0) is 21.3. The van der Waals surface area contributed by atoms with Crippen molar-refractivity contribution in [3.63, 3.8) is 0 Å². The highest BCUT2D eigenvalue weighted by Crippen LogP contribution is 2.32. The van der Waals surface area contributed by atoms with Crippen LogP contribution < -0.4 is 4.72 Å². The molecule has 0 aliphatic rings. The van der Waals surface area contributed by atoms with Gasteiger partial charge in [-0.15, -0.1) is 22.7 Å². The summed E-state index contributed by atoms with van der Waals surface area (Å²) in [5.74, 6) is 0. The van der Waals surface area contributed by atoms with E-state index in [0.29, 0.717) is 23.6 Å². The van der Waals surface area contributed by atoms with Crippen LogP contribution in [0.4, 0.5) is 0 Å². The highest BCUT2D eigenvalue weighted by Gasteiger charge is 2.23. The van der Waals surface area contributed by atoms with Gasteiger partial charge < -0.3 is 4.57 Å². The number of aromatic nitrogens is 2. The largest absolute Gasteiger partial charge is 0.345 e. The third kappa shape index (κ3) is 4.13. The van der Waals surface area contributed by atoms with E-state index in [1.54, 1.807) is 17.4 Å². The van der Waals surface area contributed by atoms with Gasteiger partial charge in [0.1, 0.15) is 9.90 Å². The van der Waals surface area contributed by atoms with Crippen LogP contribution in [0.15, 0.2) is 58.1 Å². The minimum atomic E-state index is -3.60. The molecule has 0 radical (unpaired) electrons. The molecule has 3 aromatic heterocycles. The Morgan fingerprint density at radius 3 is 2.57 bits per heavy atom. The smallest absolute Gasteiger partial charge is 0.242 e. The van der Waals surface area contributed by atoms with Crippen molar-refractivity contribution in [2.45, 2.75) is 25.2 Å². The molecule has 0 saturated carbocycles. The van der Waals surface area contributed by atoms with Crippen LogP contribution in [0.3, 0.4) is 0 Å². The summed E-state index contributed by atoms with van der Waals surface area (Å²) in [6.45, 7) is 4.25. The summed E-state index contributed by atoms with van der Waals surface area (Å²) in [6, 6.07) is 13.8. The number of aryl methyl sites for hydroxylation is 1. The monoisotopic (exact) mass is 457 g/mol. The summed E-state index contributed by atoms with van der Waals surface area (Å²) in [4.78, 5) is 6.25. The lowest BCUT2D eigenvalue weighted by molar-refractivity contribution is 0.580. The van der Waals surface area contributed by atoms with Gasteiger partial charge in [-0.2, -0.15) is 0 Å². The van der Waals surface area contributed by atoms with Crippen molar-refractivity contribution in [2.75, 3.05) is 6.54 Å². The Bertz CT molecular complexity index is 1270. The lowest BCUT2D eigenvalue weighted by Crippen LogP contribution is -2.26. The summed E-state index contributed by atoms with van der Waals surface area (Å²) in [6.07, 6.45) is 0.689. The number of hydrogen-bond acceptors (Lipinski definition) is 5. The molecule has 0 spiro atoms. The second-order valence-electron chi connectivity index (χ2n) is 7.12. The lowest BCUT2D eigenvalue weighted by atomic mass is 10.2. The number of thiazole rings is 1. The van der Waals surface area contributed by atoms with Gasteiger partial charge in [0.2, 0.25) is 10.0 Å². The molecule has 3 heterocycles. The highest BCUT2D eigenvalue weighted by molar-refractivity contribution is 7.89. The Kier molecular flexibility index (Phi) is 5.92. The van der Waals surface area contributed by atoms with Crippen LogP contribution in [0.5, 0.6) is 0 Å². The molecular weight excluding hydrogens is 434 g/mol. The number of hydrogen-bond donors (Lipinski definition) is 1. The van der Waals surface area contributed by atoms with E-state index >= 15 is 0 Å². The Morgan fingerprint density at radius 1 is 1.10 bits per heavy atom. The van der Waals surface area contributed by atoms with E-state index in [1.807, 2.05) is 66.6 Å². The Balaban J connectivity index is 1.57. The topological polar surface area (TPSA) is 64.0 Å². The minimum absolute atomic E-state index is 0.305. The van der Waals surface area contributed by atoms with Crippen LogP contribution in [0, 0.1) is 13.8 Å². The first-order valence-electron chi connectivity index (χ1n) is 9.57. The van der Waals surface area contributed by atoms with Crippen molar-refractivity contribution in [1.82, 2.24) is 14.3 Å². The predicted octanol–water partition coefficient (Wildman–Crippen LogP) is 5.01. The van der Waals surface area contributed by atoms with E-state index in [-0.39, 0.29) is 0 Å². The maximum atomic E-state index is 13.0. The maximum absolute atomic E-state index is 13.0. The summed E-state index contributed by atoms with van der Waals surface area (Å²) < 4.78 is 30.6. The SMILES string of the molecule is Cc1ccsc1CCNS(=O)(=O)c1cc(-c2nc(-c3ccccc3)cs2)n(C)c1C. The van der Waals surface area contributed by atoms with Crippen molar-refractivity contribution < 1.29 is 8.42 Å². The summed E-state index contributed by atoms with van der Waals surface area (Å²) in [5, 5.41) is 4.84. The van der Waals surface area contributed by atoms with E-state index in [0.717, 1.165) is 22.0 Å². The van der Waals surface area contributed by atoms with Crippen LogP contribution in [0.2, 0.25) is 0 Å². The van der Waals surface area contributed by atoms with Gasteiger partial charge in [0.15, 0.2) is 0 Å². The molecule has 0 aliphatic heterocycles. The zero-order valence-corrected chi connectivity index (χ0v) is 19.5. The van der Waals surface area contributed by atoms with Crippen molar-refractivity contribution >= 4 is 32.7 Å². The second-order valence-corrected chi connectivity index (χ2v) is 10.7. The molecule has 1 aromatic carbocycles. The number of nitrogens with zero attached hydrogens (tertiary/aromatic N) is 2. The predicted molar refractivity (Wildman–Crippen MR) is 125 cm³/mol. The minimum Gasteiger partial charge on any atom is -0.345 e. The highest BCUT2D eigenvalue weighted by atomic mass is 32.2. The third-order valence-electron chi connectivity index (χ3n) is 5.18. The number of nitrogens with one attached hydrogen (secondary N) is 1. The molecule has 156 valence electrons. The van der Waals surface area contributed by atoms with Crippen LogP contribution in [0.1, 0.15) is 16.1 Å². The number of sulfonamides is 1. The summed E-state index contributed by atoms with van der Waals surface area (Å²) >= 11 is 3.17. The van der Waals surface area contributed by atoms with Gasteiger partial charge >= 0.3 is 0 Å². The molecule has 0 unspecified atom stereocenters. The molecule has 30 heavy (non-hydrogen) atoms. The van der Waals surface area contributed by atoms with E-state index < -0.39 is 10.0 Å². The molecule has 0 saturated heterocycles. The van der Waals surface area contributed by atoms with E-state index in [4.69, 9.17) is 4.98 Å². The van der Waals surface area contributed by atoms with Gasteiger partial charge in [0, 0.05) is 35.1 Å². The van der Waals surface area contributed by atoms with Crippen molar-refractivity contribution in [3.05, 3.63) is 69.4 Å². The Hall–Kier alpha value is -2.26. The quantitative estimate of drug-likeness (QED) is 0.424. The van der Waals surface area contributed by atoms with Crippen molar-refractivity contribution in [2.24, 2.45) is 7.05 Å². The van der Waals surface area contributed by atoms with E-state index in [2.05, 4.69) is 10.8 Å². The second kappa shape index (κ2) is 8.47. The Morgan fingerprint density at radius 2 is 1.87 bits per heavy atom. The van der Waals surface area contributed by atoms with Gasteiger partial charge in [-0.3, -0.25) is 0 Å². The number of benzene rings is 1. The van der Waals surface area contributed by atoms with Crippen LogP contribution in [-0.4, -0.2) is 24.5 Å². The van der Waals surface area contributed by atoms with E-state index in [9.17, 15) is 8.42 Å². The molecule has 0 bridgehead atoms. The average Bonchev–Trinajstić information content (AvgIpc) is 3.44. The first-order valence-corrected chi connectivity index (χ1v) is 12.8. The maximum Gasteiger partial charge on any atom is 0.242 e. The average molecular weight is 458 g/mol. The molecule has 0 aliphatic carbocycles. The van der Waals surface area contributed by atoms with Gasteiger partial charge in [-0.1, -0.05) is 30.3 Å².